The van der Waals surface area contributed by atoms with Crippen LogP contribution in [0.15, 0.2) is 36.5 Å². The third kappa shape index (κ3) is 2.47. The number of fused-ring (bicyclic) bond motifs is 1. The SMILES string of the molecule is O=C(Nc1ccc(F)cn1)c1cccc2c1CCCN2. The quantitative estimate of drug-likeness (QED) is 0.883. The van der Waals surface area contributed by atoms with Gasteiger partial charge in [0.1, 0.15) is 11.6 Å². The minimum atomic E-state index is -0.427. The van der Waals surface area contributed by atoms with Gasteiger partial charge in [-0.05, 0) is 42.7 Å². The molecule has 1 aliphatic rings. The van der Waals surface area contributed by atoms with E-state index in [2.05, 4.69) is 15.6 Å². The summed E-state index contributed by atoms with van der Waals surface area (Å²) in [4.78, 5) is 16.1. The number of anilines is 2. The van der Waals surface area contributed by atoms with Gasteiger partial charge in [0.25, 0.3) is 5.91 Å². The summed E-state index contributed by atoms with van der Waals surface area (Å²) in [5.41, 5.74) is 2.68. The number of nitrogens with zero attached hydrogens (tertiary/aromatic N) is 1. The summed E-state index contributed by atoms with van der Waals surface area (Å²) in [5.74, 6) is -0.299. The van der Waals surface area contributed by atoms with E-state index in [0.29, 0.717) is 11.4 Å². The van der Waals surface area contributed by atoms with Gasteiger partial charge in [0.15, 0.2) is 0 Å². The Morgan fingerprint density at radius 3 is 3.00 bits per heavy atom. The summed E-state index contributed by atoms with van der Waals surface area (Å²) in [5, 5.41) is 5.98. The summed E-state index contributed by atoms with van der Waals surface area (Å²) in [6.07, 6.45) is 2.96. The van der Waals surface area contributed by atoms with Gasteiger partial charge < -0.3 is 10.6 Å². The second kappa shape index (κ2) is 5.28. The van der Waals surface area contributed by atoms with E-state index in [1.54, 1.807) is 6.07 Å². The van der Waals surface area contributed by atoms with Crippen LogP contribution in [0.3, 0.4) is 0 Å². The number of aromatic nitrogens is 1. The number of halogens is 1. The predicted molar refractivity (Wildman–Crippen MR) is 75.4 cm³/mol. The number of carbonyl (C=O) groups is 1. The highest BCUT2D eigenvalue weighted by atomic mass is 19.1. The van der Waals surface area contributed by atoms with Crippen LogP contribution >= 0.6 is 0 Å². The van der Waals surface area contributed by atoms with E-state index in [9.17, 15) is 9.18 Å². The summed E-state index contributed by atoms with van der Waals surface area (Å²) in [6, 6.07) is 8.34. The molecular weight excluding hydrogens is 257 g/mol. The molecule has 5 heteroatoms. The Hall–Kier alpha value is -2.43. The van der Waals surface area contributed by atoms with Gasteiger partial charge in [0.2, 0.25) is 0 Å². The number of carbonyl (C=O) groups excluding carboxylic acids is 1. The molecule has 2 N–H and O–H groups in total. The zero-order valence-corrected chi connectivity index (χ0v) is 10.8. The molecular formula is C15H14FN3O. The van der Waals surface area contributed by atoms with E-state index in [-0.39, 0.29) is 5.91 Å². The van der Waals surface area contributed by atoms with Crippen molar-refractivity contribution >= 4 is 17.4 Å². The Bertz CT molecular complexity index is 640. The van der Waals surface area contributed by atoms with Crippen LogP contribution < -0.4 is 10.6 Å². The van der Waals surface area contributed by atoms with Crippen molar-refractivity contribution in [1.29, 1.82) is 0 Å². The highest BCUT2D eigenvalue weighted by Crippen LogP contribution is 2.25. The highest BCUT2D eigenvalue weighted by molar-refractivity contribution is 6.05. The van der Waals surface area contributed by atoms with Crippen LogP contribution in [0, 0.1) is 5.82 Å². The lowest BCUT2D eigenvalue weighted by molar-refractivity contribution is 0.102. The molecule has 1 aromatic heterocycles. The molecule has 0 unspecified atom stereocenters. The third-order valence-corrected chi connectivity index (χ3v) is 3.31. The van der Waals surface area contributed by atoms with Crippen molar-refractivity contribution in [3.05, 3.63) is 53.5 Å². The number of amides is 1. The largest absolute Gasteiger partial charge is 0.385 e. The minimum Gasteiger partial charge on any atom is -0.385 e. The van der Waals surface area contributed by atoms with Crippen molar-refractivity contribution < 1.29 is 9.18 Å². The maximum Gasteiger partial charge on any atom is 0.257 e. The van der Waals surface area contributed by atoms with E-state index in [1.807, 2.05) is 12.1 Å². The van der Waals surface area contributed by atoms with Gasteiger partial charge in [-0.25, -0.2) is 9.37 Å². The number of pyridine rings is 1. The van der Waals surface area contributed by atoms with Crippen molar-refractivity contribution in [2.24, 2.45) is 0 Å². The van der Waals surface area contributed by atoms with E-state index >= 15 is 0 Å². The fraction of sp³-hybridized carbons (Fsp3) is 0.200. The van der Waals surface area contributed by atoms with Crippen LogP contribution in [0.25, 0.3) is 0 Å². The molecule has 0 spiro atoms. The van der Waals surface area contributed by atoms with Crippen molar-refractivity contribution in [2.75, 3.05) is 17.2 Å². The van der Waals surface area contributed by atoms with Crippen LogP contribution in [0.4, 0.5) is 15.9 Å². The van der Waals surface area contributed by atoms with Gasteiger partial charge in [-0.2, -0.15) is 0 Å². The zero-order valence-electron chi connectivity index (χ0n) is 10.8. The van der Waals surface area contributed by atoms with Gasteiger partial charge in [0.05, 0.1) is 6.20 Å². The molecule has 3 rings (SSSR count). The Morgan fingerprint density at radius 1 is 1.30 bits per heavy atom. The monoisotopic (exact) mass is 271 g/mol. The van der Waals surface area contributed by atoms with Crippen molar-refractivity contribution in [3.63, 3.8) is 0 Å². The molecule has 0 bridgehead atoms. The van der Waals surface area contributed by atoms with E-state index in [4.69, 9.17) is 0 Å². The molecule has 0 saturated heterocycles. The Balaban J connectivity index is 1.85. The maximum atomic E-state index is 12.8. The normalized spacial score (nSPS) is 13.2. The van der Waals surface area contributed by atoms with Crippen LogP contribution in [-0.2, 0) is 6.42 Å². The molecule has 1 amide bonds. The second-order valence-electron chi connectivity index (χ2n) is 4.68. The Kier molecular flexibility index (Phi) is 3.33. The number of benzene rings is 1. The Morgan fingerprint density at radius 2 is 2.20 bits per heavy atom. The lowest BCUT2D eigenvalue weighted by Gasteiger charge is -2.20. The van der Waals surface area contributed by atoms with Gasteiger partial charge in [-0.15, -0.1) is 0 Å². The first kappa shape index (κ1) is 12.6. The third-order valence-electron chi connectivity index (χ3n) is 3.31. The average molecular weight is 271 g/mol. The molecule has 0 aliphatic carbocycles. The molecule has 1 aliphatic heterocycles. The zero-order chi connectivity index (χ0) is 13.9. The molecule has 4 nitrogen and oxygen atoms in total. The summed E-state index contributed by atoms with van der Waals surface area (Å²) >= 11 is 0. The summed E-state index contributed by atoms with van der Waals surface area (Å²) < 4.78 is 12.8. The lowest BCUT2D eigenvalue weighted by atomic mass is 9.97. The highest BCUT2D eigenvalue weighted by Gasteiger charge is 2.17. The molecule has 0 saturated carbocycles. The first-order chi connectivity index (χ1) is 9.74. The first-order valence-electron chi connectivity index (χ1n) is 6.53. The number of rotatable bonds is 2. The Labute approximate surface area is 116 Å². The molecule has 1 aromatic carbocycles. The van der Waals surface area contributed by atoms with Gasteiger partial charge in [0, 0.05) is 17.8 Å². The van der Waals surface area contributed by atoms with Gasteiger partial charge >= 0.3 is 0 Å². The molecule has 102 valence electrons. The topological polar surface area (TPSA) is 54.0 Å². The number of hydrogen-bond acceptors (Lipinski definition) is 3. The molecule has 0 atom stereocenters. The van der Waals surface area contributed by atoms with Crippen molar-refractivity contribution in [3.8, 4) is 0 Å². The molecule has 0 fully saturated rings. The van der Waals surface area contributed by atoms with Crippen molar-refractivity contribution in [1.82, 2.24) is 4.98 Å². The first-order valence-corrected chi connectivity index (χ1v) is 6.53. The molecule has 0 radical (unpaired) electrons. The van der Waals surface area contributed by atoms with Crippen LogP contribution in [-0.4, -0.2) is 17.4 Å². The van der Waals surface area contributed by atoms with Crippen LogP contribution in [0.2, 0.25) is 0 Å². The average Bonchev–Trinajstić information content (AvgIpc) is 2.49. The number of hydrogen-bond donors (Lipinski definition) is 2. The minimum absolute atomic E-state index is 0.218. The predicted octanol–water partition coefficient (Wildman–Crippen LogP) is 2.83. The van der Waals surface area contributed by atoms with Gasteiger partial charge in [-0.3, -0.25) is 4.79 Å². The fourth-order valence-electron chi connectivity index (χ4n) is 2.36. The molecule has 20 heavy (non-hydrogen) atoms. The summed E-state index contributed by atoms with van der Waals surface area (Å²) in [7, 11) is 0. The van der Waals surface area contributed by atoms with E-state index < -0.39 is 5.82 Å². The molecule has 2 heterocycles. The smallest absolute Gasteiger partial charge is 0.257 e. The standard InChI is InChI=1S/C15H14FN3O/c16-10-6-7-14(18-9-10)19-15(20)12-3-1-5-13-11(12)4-2-8-17-13/h1,3,5-7,9,17H,2,4,8H2,(H,18,19,20). The van der Waals surface area contributed by atoms with E-state index in [1.165, 1.54) is 12.1 Å². The van der Waals surface area contributed by atoms with Gasteiger partial charge in [-0.1, -0.05) is 6.07 Å². The lowest BCUT2D eigenvalue weighted by Crippen LogP contribution is -2.19. The van der Waals surface area contributed by atoms with Crippen LogP contribution in [0.1, 0.15) is 22.3 Å². The molecule has 2 aromatic rings. The number of nitrogens with one attached hydrogen (secondary N) is 2. The maximum absolute atomic E-state index is 12.8. The van der Waals surface area contributed by atoms with Crippen molar-refractivity contribution in [2.45, 2.75) is 12.8 Å². The summed E-state index contributed by atoms with van der Waals surface area (Å²) in [6.45, 7) is 0.928. The van der Waals surface area contributed by atoms with Crippen LogP contribution in [0.5, 0.6) is 0 Å². The fourth-order valence-corrected chi connectivity index (χ4v) is 2.36. The second-order valence-corrected chi connectivity index (χ2v) is 4.68. The van der Waals surface area contributed by atoms with E-state index in [0.717, 1.165) is 36.8 Å².